The molecule has 1 unspecified atom stereocenters. The summed E-state index contributed by atoms with van der Waals surface area (Å²) in [5.74, 6) is 0.664. The third-order valence-electron chi connectivity index (χ3n) is 5.55. The lowest BCUT2D eigenvalue weighted by atomic mass is 9.91. The molecule has 128 valence electrons. The summed E-state index contributed by atoms with van der Waals surface area (Å²) in [6.45, 7) is 2.41. The fourth-order valence-electron chi connectivity index (χ4n) is 3.90. The molecule has 1 aliphatic carbocycles. The molecule has 2 fully saturated rings. The van der Waals surface area contributed by atoms with Crippen LogP contribution in [0, 0.1) is 11.3 Å². The first-order chi connectivity index (χ1) is 11.5. The molecule has 1 N–H and O–H groups in total. The predicted octanol–water partition coefficient (Wildman–Crippen LogP) is 0.432. The van der Waals surface area contributed by atoms with Crippen molar-refractivity contribution in [2.75, 3.05) is 20.2 Å². The van der Waals surface area contributed by atoms with Gasteiger partial charge in [-0.05, 0) is 37.8 Å². The lowest BCUT2D eigenvalue weighted by molar-refractivity contribution is -0.143. The van der Waals surface area contributed by atoms with E-state index < -0.39 is 0 Å². The van der Waals surface area contributed by atoms with Gasteiger partial charge in [0.1, 0.15) is 11.2 Å². The summed E-state index contributed by atoms with van der Waals surface area (Å²) in [5, 5.41) is 4.59. The first kappa shape index (κ1) is 15.3. The highest BCUT2D eigenvalue weighted by atomic mass is 16.5. The largest absolute Gasteiger partial charge is 0.469 e. The molecule has 4 rings (SSSR count). The average molecular weight is 331 g/mol. The van der Waals surface area contributed by atoms with Gasteiger partial charge >= 0.3 is 5.97 Å². The molecule has 0 aromatic carbocycles. The summed E-state index contributed by atoms with van der Waals surface area (Å²) in [4.78, 5) is 33.4. The van der Waals surface area contributed by atoms with Crippen molar-refractivity contribution < 1.29 is 9.53 Å². The number of methoxy groups -OCH3 is 1. The van der Waals surface area contributed by atoms with Crippen molar-refractivity contribution in [2.45, 2.75) is 25.8 Å². The number of likely N-dealkylation sites (tertiary alicyclic amines) is 1. The molecular weight excluding hydrogens is 310 g/mol. The molecule has 0 bridgehead atoms. The fourth-order valence-corrected chi connectivity index (χ4v) is 3.90. The fraction of sp³-hybridized carbons (Fsp3) is 0.625. The second-order valence-electron chi connectivity index (χ2n) is 6.94. The molecule has 0 amide bonds. The van der Waals surface area contributed by atoms with Crippen LogP contribution in [-0.2, 0) is 23.1 Å². The maximum atomic E-state index is 12.1. The number of hydrogen-bond acceptors (Lipinski definition) is 6. The predicted molar refractivity (Wildman–Crippen MR) is 86.2 cm³/mol. The highest BCUT2D eigenvalue weighted by Crippen LogP contribution is 2.59. The zero-order valence-corrected chi connectivity index (χ0v) is 13.9. The van der Waals surface area contributed by atoms with Gasteiger partial charge in [0, 0.05) is 7.05 Å². The summed E-state index contributed by atoms with van der Waals surface area (Å²) >= 11 is 0. The third kappa shape index (κ3) is 2.41. The van der Waals surface area contributed by atoms with Gasteiger partial charge in [0.25, 0.3) is 5.56 Å². The highest BCUT2D eigenvalue weighted by molar-refractivity contribution is 5.76. The van der Waals surface area contributed by atoms with Crippen LogP contribution in [0.1, 0.15) is 25.1 Å². The van der Waals surface area contributed by atoms with Crippen LogP contribution in [0.3, 0.4) is 0 Å². The standard InChI is InChI=1S/C16H21N5O3/c1-20-13-10(8-17-20)14(22)19-12(18-13)9-21-5-3-16(4-6-21)7-11(16)15(23)24-2/h8,11H,3-7,9H2,1-2H3,(H,18,19,22). The summed E-state index contributed by atoms with van der Waals surface area (Å²) in [7, 11) is 3.24. The van der Waals surface area contributed by atoms with Gasteiger partial charge < -0.3 is 9.72 Å². The van der Waals surface area contributed by atoms with Crippen molar-refractivity contribution >= 4 is 17.0 Å². The Morgan fingerprint density at radius 1 is 1.46 bits per heavy atom. The number of carbonyl (C=O) groups excluding carboxylic acids is 1. The van der Waals surface area contributed by atoms with Gasteiger partial charge in [-0.25, -0.2) is 4.98 Å². The normalized spacial score (nSPS) is 22.8. The number of piperidine rings is 1. The third-order valence-corrected chi connectivity index (χ3v) is 5.55. The number of nitrogens with zero attached hydrogens (tertiary/aromatic N) is 4. The Bertz CT molecular complexity index is 847. The second-order valence-corrected chi connectivity index (χ2v) is 6.94. The molecule has 1 saturated carbocycles. The van der Waals surface area contributed by atoms with Gasteiger partial charge in [0.05, 0.1) is 25.8 Å². The number of aromatic amines is 1. The Kier molecular flexibility index (Phi) is 3.45. The minimum Gasteiger partial charge on any atom is -0.469 e. The van der Waals surface area contributed by atoms with Crippen LogP contribution in [0.2, 0.25) is 0 Å². The maximum absolute atomic E-state index is 12.1. The van der Waals surface area contributed by atoms with Crippen molar-refractivity contribution in [3.63, 3.8) is 0 Å². The Morgan fingerprint density at radius 3 is 2.92 bits per heavy atom. The summed E-state index contributed by atoms with van der Waals surface area (Å²) in [5.41, 5.74) is 0.607. The zero-order chi connectivity index (χ0) is 16.9. The molecular formula is C16H21N5O3. The summed E-state index contributed by atoms with van der Waals surface area (Å²) in [6, 6.07) is 0. The van der Waals surface area contributed by atoms with Gasteiger partial charge in [-0.15, -0.1) is 0 Å². The number of H-pyrrole nitrogens is 1. The van der Waals surface area contributed by atoms with E-state index in [4.69, 9.17) is 4.74 Å². The zero-order valence-electron chi connectivity index (χ0n) is 13.9. The Morgan fingerprint density at radius 2 is 2.21 bits per heavy atom. The Balaban J connectivity index is 1.44. The summed E-state index contributed by atoms with van der Waals surface area (Å²) < 4.78 is 6.49. The lowest BCUT2D eigenvalue weighted by Crippen LogP contribution is -2.36. The molecule has 3 heterocycles. The molecule has 0 radical (unpaired) electrons. The number of aromatic nitrogens is 4. The van der Waals surface area contributed by atoms with E-state index in [9.17, 15) is 9.59 Å². The quantitative estimate of drug-likeness (QED) is 0.820. The molecule has 1 spiro atoms. The number of carbonyl (C=O) groups is 1. The minimum atomic E-state index is -0.149. The van der Waals surface area contributed by atoms with E-state index >= 15 is 0 Å². The van der Waals surface area contributed by atoms with Crippen molar-refractivity contribution in [3.05, 3.63) is 22.4 Å². The SMILES string of the molecule is COC(=O)C1CC12CCN(Cc1nc3c(cnn3C)c(=O)[nH]1)CC2. The van der Waals surface area contributed by atoms with Crippen LogP contribution >= 0.6 is 0 Å². The number of ether oxygens (including phenoxy) is 1. The summed E-state index contributed by atoms with van der Waals surface area (Å²) in [6.07, 6.45) is 4.47. The van der Waals surface area contributed by atoms with E-state index in [1.165, 1.54) is 13.3 Å². The molecule has 1 saturated heterocycles. The van der Waals surface area contributed by atoms with Gasteiger partial charge in [0.2, 0.25) is 0 Å². The Hall–Kier alpha value is -2.22. The number of nitrogens with one attached hydrogen (secondary N) is 1. The van der Waals surface area contributed by atoms with E-state index in [1.54, 1.807) is 11.7 Å². The molecule has 24 heavy (non-hydrogen) atoms. The van der Waals surface area contributed by atoms with Gasteiger partial charge in [-0.1, -0.05) is 0 Å². The first-order valence-electron chi connectivity index (χ1n) is 8.23. The van der Waals surface area contributed by atoms with Gasteiger partial charge in [-0.3, -0.25) is 19.2 Å². The van der Waals surface area contributed by atoms with Gasteiger partial charge in [-0.2, -0.15) is 5.10 Å². The van der Waals surface area contributed by atoms with Crippen molar-refractivity contribution in [1.82, 2.24) is 24.6 Å². The highest BCUT2D eigenvalue weighted by Gasteiger charge is 2.59. The topological polar surface area (TPSA) is 93.1 Å². The number of hydrogen-bond donors (Lipinski definition) is 1. The van der Waals surface area contributed by atoms with Crippen LogP contribution in [0.4, 0.5) is 0 Å². The van der Waals surface area contributed by atoms with Crippen LogP contribution < -0.4 is 5.56 Å². The van der Waals surface area contributed by atoms with E-state index in [2.05, 4.69) is 20.0 Å². The smallest absolute Gasteiger partial charge is 0.309 e. The monoisotopic (exact) mass is 331 g/mol. The number of esters is 1. The number of aryl methyl sites for hydroxylation is 1. The average Bonchev–Trinajstić information content (AvgIpc) is 3.15. The molecule has 2 aromatic heterocycles. The van der Waals surface area contributed by atoms with Crippen molar-refractivity contribution in [2.24, 2.45) is 18.4 Å². The minimum absolute atomic E-state index is 0.0730. The lowest BCUT2D eigenvalue weighted by Gasteiger charge is -2.32. The van der Waals surface area contributed by atoms with Crippen LogP contribution in [0.5, 0.6) is 0 Å². The molecule has 2 aromatic rings. The molecule has 8 nitrogen and oxygen atoms in total. The second kappa shape index (κ2) is 5.41. The maximum Gasteiger partial charge on any atom is 0.309 e. The number of rotatable bonds is 3. The molecule has 1 atom stereocenters. The van der Waals surface area contributed by atoms with E-state index in [0.717, 1.165) is 32.4 Å². The van der Waals surface area contributed by atoms with Crippen LogP contribution in [0.25, 0.3) is 11.0 Å². The van der Waals surface area contributed by atoms with Crippen LogP contribution in [-0.4, -0.2) is 50.8 Å². The van der Waals surface area contributed by atoms with Gasteiger partial charge in [0.15, 0.2) is 5.65 Å². The van der Waals surface area contributed by atoms with Crippen molar-refractivity contribution in [1.29, 1.82) is 0 Å². The molecule has 2 aliphatic rings. The van der Waals surface area contributed by atoms with E-state index in [0.29, 0.717) is 23.4 Å². The molecule has 8 heteroatoms. The number of fused-ring (bicyclic) bond motifs is 1. The first-order valence-corrected chi connectivity index (χ1v) is 8.23. The van der Waals surface area contributed by atoms with Crippen molar-refractivity contribution in [3.8, 4) is 0 Å². The molecule has 1 aliphatic heterocycles. The van der Waals surface area contributed by atoms with E-state index in [-0.39, 0.29) is 22.9 Å². The van der Waals surface area contributed by atoms with E-state index in [1.807, 2.05) is 0 Å². The van der Waals surface area contributed by atoms with Crippen LogP contribution in [0.15, 0.2) is 11.0 Å². The Labute approximate surface area is 138 Å².